The zero-order valence-electron chi connectivity index (χ0n) is 17.7. The van der Waals surface area contributed by atoms with Crippen LogP contribution in [-0.4, -0.2) is 34.6 Å². The number of nitrogens with one attached hydrogen (secondary N) is 1. The van der Waals surface area contributed by atoms with Crippen LogP contribution in [0.25, 0.3) is 11.3 Å². The number of hydrogen-bond acceptors (Lipinski definition) is 5. The van der Waals surface area contributed by atoms with Crippen molar-refractivity contribution in [1.82, 2.24) is 15.2 Å². The second kappa shape index (κ2) is 8.89. The molecule has 0 bridgehead atoms. The molecule has 0 aliphatic carbocycles. The molecule has 1 saturated heterocycles. The first kappa shape index (κ1) is 21.1. The van der Waals surface area contributed by atoms with Crippen molar-refractivity contribution in [2.75, 3.05) is 13.7 Å². The van der Waals surface area contributed by atoms with E-state index < -0.39 is 0 Å². The van der Waals surface area contributed by atoms with Gasteiger partial charge in [0.05, 0.1) is 24.4 Å². The smallest absolute Gasteiger partial charge is 0.337 e. The number of methoxy groups -OCH3 is 1. The number of carbonyl (C=O) groups excluding carboxylic acids is 1. The number of nitrogens with zero attached hydrogens (tertiary/aromatic N) is 2. The minimum Gasteiger partial charge on any atom is -0.465 e. The quantitative estimate of drug-likeness (QED) is 0.442. The van der Waals surface area contributed by atoms with Gasteiger partial charge < -0.3 is 19.4 Å². The van der Waals surface area contributed by atoms with Crippen LogP contribution in [0.5, 0.6) is 0 Å². The summed E-state index contributed by atoms with van der Waals surface area (Å²) in [7, 11) is 1.37. The number of hydrogen-bond donors (Lipinski definition) is 1. The van der Waals surface area contributed by atoms with Crippen LogP contribution in [0.4, 0.5) is 0 Å². The lowest BCUT2D eigenvalue weighted by atomic mass is 10.0. The molecular formula is C24H25N3O3S. The molecule has 7 heteroatoms. The number of thiocarbonyl (C=S) groups is 1. The number of aromatic nitrogens is 1. The first-order valence-corrected chi connectivity index (χ1v) is 10.6. The molecule has 0 spiro atoms. The Balaban J connectivity index is 1.67. The maximum atomic E-state index is 11.7. The number of rotatable bonds is 6. The molecule has 1 N–H and O–H groups in total. The molecule has 0 radical (unpaired) electrons. The molecule has 2 aromatic heterocycles. The van der Waals surface area contributed by atoms with Gasteiger partial charge in [-0.15, -0.1) is 0 Å². The van der Waals surface area contributed by atoms with Crippen LogP contribution in [0, 0.1) is 5.92 Å². The summed E-state index contributed by atoms with van der Waals surface area (Å²) in [6.07, 6.45) is 1.79. The first-order valence-electron chi connectivity index (χ1n) is 10.2. The van der Waals surface area contributed by atoms with Crippen LogP contribution in [0.2, 0.25) is 0 Å². The number of esters is 1. The van der Waals surface area contributed by atoms with Crippen molar-refractivity contribution in [1.29, 1.82) is 0 Å². The Hall–Kier alpha value is -3.19. The van der Waals surface area contributed by atoms with Gasteiger partial charge in [0.15, 0.2) is 5.11 Å². The Morgan fingerprint density at radius 2 is 1.97 bits per heavy atom. The van der Waals surface area contributed by atoms with Gasteiger partial charge in [-0.2, -0.15) is 0 Å². The van der Waals surface area contributed by atoms with E-state index in [1.165, 1.54) is 7.11 Å². The van der Waals surface area contributed by atoms with E-state index in [-0.39, 0.29) is 18.1 Å². The van der Waals surface area contributed by atoms with Crippen LogP contribution in [0.3, 0.4) is 0 Å². The summed E-state index contributed by atoms with van der Waals surface area (Å²) in [4.78, 5) is 18.4. The Labute approximate surface area is 187 Å². The van der Waals surface area contributed by atoms with E-state index in [0.29, 0.717) is 16.6 Å². The van der Waals surface area contributed by atoms with E-state index in [2.05, 4.69) is 29.0 Å². The average Bonchev–Trinajstić information content (AvgIpc) is 3.39. The average molecular weight is 436 g/mol. The number of furan rings is 1. The third-order valence-electron chi connectivity index (χ3n) is 5.27. The van der Waals surface area contributed by atoms with Gasteiger partial charge in [0.25, 0.3) is 0 Å². The normalized spacial score (nSPS) is 18.3. The number of carbonyl (C=O) groups is 1. The van der Waals surface area contributed by atoms with E-state index in [0.717, 1.165) is 29.3 Å². The minimum absolute atomic E-state index is 0.104. The molecule has 0 saturated carbocycles. The SMILES string of the molecule is COC(=O)c1ccc(-c2ccc([C@@H]3[C@@H](c4ccccn4)NC(=S)N3CC(C)C)o2)cc1. The lowest BCUT2D eigenvalue weighted by Crippen LogP contribution is -2.32. The fraction of sp³-hybridized carbons (Fsp3) is 0.292. The van der Waals surface area contributed by atoms with Crippen molar-refractivity contribution in [3.63, 3.8) is 0 Å². The minimum atomic E-state index is -0.361. The Morgan fingerprint density at radius 1 is 1.19 bits per heavy atom. The number of benzene rings is 1. The largest absolute Gasteiger partial charge is 0.465 e. The molecule has 4 rings (SSSR count). The standard InChI is InChI=1S/C24H25N3O3S/c1-15(2)14-27-22(21(26-24(27)31)18-6-4-5-13-25-18)20-12-11-19(30-20)16-7-9-17(10-8-16)23(28)29-3/h4-13,15,21-22H,14H2,1-3H3,(H,26,31)/t21-,22-/m1/s1. The highest BCUT2D eigenvalue weighted by Gasteiger charge is 2.41. The van der Waals surface area contributed by atoms with Gasteiger partial charge in [0.1, 0.15) is 17.6 Å². The van der Waals surface area contributed by atoms with Crippen LogP contribution < -0.4 is 5.32 Å². The lowest BCUT2D eigenvalue weighted by molar-refractivity contribution is 0.0600. The summed E-state index contributed by atoms with van der Waals surface area (Å²) in [5.41, 5.74) is 2.31. The molecule has 3 heterocycles. The predicted molar refractivity (Wildman–Crippen MR) is 122 cm³/mol. The Morgan fingerprint density at radius 3 is 2.61 bits per heavy atom. The molecule has 1 aliphatic rings. The van der Waals surface area contributed by atoms with Crippen molar-refractivity contribution in [3.8, 4) is 11.3 Å². The molecule has 0 unspecified atom stereocenters. The van der Waals surface area contributed by atoms with Gasteiger partial charge >= 0.3 is 5.97 Å². The van der Waals surface area contributed by atoms with Crippen LogP contribution in [-0.2, 0) is 4.74 Å². The van der Waals surface area contributed by atoms with Gasteiger partial charge in [-0.05, 0) is 54.5 Å². The van der Waals surface area contributed by atoms with E-state index in [9.17, 15) is 4.79 Å². The molecule has 0 amide bonds. The van der Waals surface area contributed by atoms with Gasteiger partial charge in [-0.3, -0.25) is 4.98 Å². The maximum absolute atomic E-state index is 11.7. The summed E-state index contributed by atoms with van der Waals surface area (Å²) in [6.45, 7) is 5.15. The zero-order chi connectivity index (χ0) is 22.0. The molecular weight excluding hydrogens is 410 g/mol. The van der Waals surface area contributed by atoms with Crippen molar-refractivity contribution < 1.29 is 13.9 Å². The van der Waals surface area contributed by atoms with Gasteiger partial charge in [0, 0.05) is 18.3 Å². The zero-order valence-corrected chi connectivity index (χ0v) is 18.6. The van der Waals surface area contributed by atoms with Crippen LogP contribution >= 0.6 is 12.2 Å². The lowest BCUT2D eigenvalue weighted by Gasteiger charge is -2.27. The van der Waals surface area contributed by atoms with E-state index in [4.69, 9.17) is 21.4 Å². The molecule has 3 aromatic rings. The van der Waals surface area contributed by atoms with Crippen molar-refractivity contribution >= 4 is 23.3 Å². The van der Waals surface area contributed by atoms with Crippen molar-refractivity contribution in [2.24, 2.45) is 5.92 Å². The third-order valence-corrected chi connectivity index (χ3v) is 5.62. The monoisotopic (exact) mass is 435 g/mol. The van der Waals surface area contributed by atoms with Crippen molar-refractivity contribution in [2.45, 2.75) is 25.9 Å². The fourth-order valence-electron chi connectivity index (χ4n) is 3.86. The molecule has 31 heavy (non-hydrogen) atoms. The van der Waals surface area contributed by atoms with Crippen molar-refractivity contribution in [3.05, 3.63) is 77.8 Å². The number of ether oxygens (including phenoxy) is 1. The van der Waals surface area contributed by atoms with E-state index in [1.807, 2.05) is 42.5 Å². The molecule has 1 aromatic carbocycles. The maximum Gasteiger partial charge on any atom is 0.337 e. The highest BCUT2D eigenvalue weighted by atomic mass is 32.1. The summed E-state index contributed by atoms with van der Waals surface area (Å²) < 4.78 is 11.1. The highest BCUT2D eigenvalue weighted by molar-refractivity contribution is 7.80. The predicted octanol–water partition coefficient (Wildman–Crippen LogP) is 4.76. The summed E-state index contributed by atoms with van der Waals surface area (Å²) in [5, 5.41) is 4.14. The third kappa shape index (κ3) is 4.32. The van der Waals surface area contributed by atoms with Crippen LogP contribution in [0.1, 0.15) is 47.7 Å². The summed E-state index contributed by atoms with van der Waals surface area (Å²) in [6, 6.07) is 16.8. The van der Waals surface area contributed by atoms with Gasteiger partial charge in [-0.1, -0.05) is 32.0 Å². The Bertz CT molecular complexity index is 1060. The van der Waals surface area contributed by atoms with E-state index in [1.54, 1.807) is 18.3 Å². The molecule has 6 nitrogen and oxygen atoms in total. The second-order valence-electron chi connectivity index (χ2n) is 7.94. The van der Waals surface area contributed by atoms with Gasteiger partial charge in [0.2, 0.25) is 0 Å². The number of pyridine rings is 1. The second-order valence-corrected chi connectivity index (χ2v) is 8.33. The summed E-state index contributed by atoms with van der Waals surface area (Å²) in [5.74, 6) is 1.62. The Kier molecular flexibility index (Phi) is 6.04. The topological polar surface area (TPSA) is 67.6 Å². The van der Waals surface area contributed by atoms with Crippen LogP contribution in [0.15, 0.2) is 65.2 Å². The molecule has 1 fully saturated rings. The molecule has 2 atom stereocenters. The molecule has 1 aliphatic heterocycles. The molecule has 160 valence electrons. The summed E-state index contributed by atoms with van der Waals surface area (Å²) >= 11 is 5.67. The highest BCUT2D eigenvalue weighted by Crippen LogP contribution is 2.40. The fourth-order valence-corrected chi connectivity index (χ4v) is 4.17. The first-order chi connectivity index (χ1) is 15.0. The van der Waals surface area contributed by atoms with Gasteiger partial charge in [-0.25, -0.2) is 4.79 Å². The van der Waals surface area contributed by atoms with E-state index >= 15 is 0 Å².